The number of hydrogen-bond acceptors (Lipinski definition) is 5. The molecule has 1 unspecified atom stereocenters. The van der Waals surface area contributed by atoms with Crippen LogP contribution >= 0.6 is 12.4 Å². The number of esters is 1. The minimum absolute atomic E-state index is 0. The summed E-state index contributed by atoms with van der Waals surface area (Å²) in [5, 5.41) is 0.396. The molecule has 0 radical (unpaired) electrons. The van der Waals surface area contributed by atoms with E-state index in [0.29, 0.717) is 16.7 Å². The molecule has 170 valence electrons. The molecule has 5 nitrogen and oxygen atoms in total. The number of hydrogen-bond donors (Lipinski definition) is 0. The van der Waals surface area contributed by atoms with Crippen molar-refractivity contribution < 1.29 is 13.9 Å². The van der Waals surface area contributed by atoms with E-state index in [9.17, 15) is 9.59 Å². The summed E-state index contributed by atoms with van der Waals surface area (Å²) in [6.45, 7) is 6.84. The molecular weight excluding hydrogens is 426 g/mol. The number of rotatable bonds is 6. The second-order valence-electron chi connectivity index (χ2n) is 8.34. The van der Waals surface area contributed by atoms with E-state index in [2.05, 4.69) is 4.90 Å². The lowest BCUT2D eigenvalue weighted by atomic mass is 10.0. The van der Waals surface area contributed by atoms with Gasteiger partial charge >= 0.3 is 5.97 Å². The highest BCUT2D eigenvalue weighted by Gasteiger charge is 2.21. The van der Waals surface area contributed by atoms with Crippen molar-refractivity contribution in [1.29, 1.82) is 0 Å². The fraction of sp³-hybridized carbons (Fsp3) is 0.385. The third-order valence-electron chi connectivity index (χ3n) is 6.01. The van der Waals surface area contributed by atoms with E-state index in [1.165, 1.54) is 19.3 Å². The van der Waals surface area contributed by atoms with Crippen LogP contribution in [0.4, 0.5) is 0 Å². The van der Waals surface area contributed by atoms with Crippen LogP contribution in [0.3, 0.4) is 0 Å². The summed E-state index contributed by atoms with van der Waals surface area (Å²) < 4.78 is 11.9. The standard InChI is InChI=1S/C26H29NO4.ClH/c1-18(14-17-27-15-7-4-8-16-27)30-26(29)22-13-9-12-21-23(28)19(2)24(31-25(21)22)20-10-5-3-6-11-20;/h3,5-6,9-13,18H,4,7-8,14-17H2,1-2H3;1H. The van der Waals surface area contributed by atoms with Crippen LogP contribution in [0.15, 0.2) is 57.7 Å². The van der Waals surface area contributed by atoms with Crippen molar-refractivity contribution in [1.82, 2.24) is 4.90 Å². The first-order chi connectivity index (χ1) is 15.0. The zero-order valence-corrected chi connectivity index (χ0v) is 19.5. The molecule has 1 fully saturated rings. The van der Waals surface area contributed by atoms with E-state index < -0.39 is 5.97 Å². The molecule has 0 amide bonds. The van der Waals surface area contributed by atoms with E-state index in [1.54, 1.807) is 25.1 Å². The molecule has 6 heteroatoms. The van der Waals surface area contributed by atoms with Crippen LogP contribution in [0.25, 0.3) is 22.3 Å². The Morgan fingerprint density at radius 1 is 1.06 bits per heavy atom. The minimum atomic E-state index is -0.456. The monoisotopic (exact) mass is 455 g/mol. The number of likely N-dealkylation sites (tertiary alicyclic amines) is 1. The lowest BCUT2D eigenvalue weighted by molar-refractivity contribution is 0.0298. The fourth-order valence-electron chi connectivity index (χ4n) is 4.19. The molecule has 1 aliphatic rings. The van der Waals surface area contributed by atoms with Gasteiger partial charge in [-0.1, -0.05) is 42.8 Å². The number of piperidine rings is 1. The lowest BCUT2D eigenvalue weighted by Crippen LogP contribution is -2.32. The first-order valence-electron chi connectivity index (χ1n) is 11.1. The highest BCUT2D eigenvalue weighted by molar-refractivity contribution is 6.02. The Kier molecular flexibility index (Phi) is 8.10. The summed E-state index contributed by atoms with van der Waals surface area (Å²) in [7, 11) is 0. The number of para-hydroxylation sites is 1. The van der Waals surface area contributed by atoms with E-state index in [1.807, 2.05) is 37.3 Å². The molecule has 0 saturated carbocycles. The quantitative estimate of drug-likeness (QED) is 0.452. The summed E-state index contributed by atoms with van der Waals surface area (Å²) in [6.07, 6.45) is 4.36. The van der Waals surface area contributed by atoms with E-state index in [0.717, 1.165) is 31.6 Å². The van der Waals surface area contributed by atoms with Crippen LogP contribution in [0, 0.1) is 6.92 Å². The molecule has 3 aromatic rings. The predicted molar refractivity (Wildman–Crippen MR) is 130 cm³/mol. The van der Waals surface area contributed by atoms with Crippen molar-refractivity contribution in [2.45, 2.75) is 45.6 Å². The van der Waals surface area contributed by atoms with Gasteiger partial charge in [0.25, 0.3) is 0 Å². The normalized spacial score (nSPS) is 15.2. The Morgan fingerprint density at radius 3 is 2.50 bits per heavy atom. The van der Waals surface area contributed by atoms with Crippen molar-refractivity contribution in [2.24, 2.45) is 0 Å². The summed E-state index contributed by atoms with van der Waals surface area (Å²) in [5.41, 5.74) is 1.77. The Hall–Kier alpha value is -2.63. The maximum absolute atomic E-state index is 13.0. The predicted octanol–water partition coefficient (Wildman–Crippen LogP) is 5.61. The molecule has 1 saturated heterocycles. The molecule has 0 N–H and O–H groups in total. The Balaban J connectivity index is 0.00000289. The maximum atomic E-state index is 13.0. The highest BCUT2D eigenvalue weighted by Crippen LogP contribution is 2.27. The lowest BCUT2D eigenvalue weighted by Gasteiger charge is -2.27. The smallest absolute Gasteiger partial charge is 0.342 e. The van der Waals surface area contributed by atoms with Gasteiger partial charge in [0.15, 0.2) is 11.0 Å². The SMILES string of the molecule is Cc1c(-c2ccccc2)oc2c(C(=O)OC(C)CCN3CCCCC3)cccc2c1=O.Cl. The molecule has 0 aliphatic carbocycles. The molecular formula is C26H30ClNO4. The van der Waals surface area contributed by atoms with Crippen LogP contribution in [0.1, 0.15) is 48.5 Å². The Labute approximate surface area is 194 Å². The molecule has 2 heterocycles. The van der Waals surface area contributed by atoms with E-state index in [4.69, 9.17) is 9.15 Å². The first-order valence-corrected chi connectivity index (χ1v) is 11.1. The average molecular weight is 456 g/mol. The number of carbonyl (C=O) groups is 1. The van der Waals surface area contributed by atoms with Crippen LogP contribution < -0.4 is 5.43 Å². The van der Waals surface area contributed by atoms with Gasteiger partial charge in [-0.2, -0.15) is 0 Å². The molecule has 1 aliphatic heterocycles. The molecule has 2 aromatic carbocycles. The van der Waals surface area contributed by atoms with Crippen LogP contribution in [0.5, 0.6) is 0 Å². The van der Waals surface area contributed by atoms with Gasteiger partial charge in [-0.05, 0) is 58.3 Å². The summed E-state index contributed by atoms with van der Waals surface area (Å²) in [4.78, 5) is 28.4. The number of carbonyl (C=O) groups excluding carboxylic acids is 1. The van der Waals surface area contributed by atoms with E-state index in [-0.39, 0.29) is 35.1 Å². The minimum Gasteiger partial charge on any atom is -0.459 e. The average Bonchev–Trinajstić information content (AvgIpc) is 2.81. The second kappa shape index (κ2) is 10.8. The number of ether oxygens (including phenoxy) is 1. The number of benzene rings is 2. The largest absolute Gasteiger partial charge is 0.459 e. The van der Waals surface area contributed by atoms with Gasteiger partial charge in [-0.25, -0.2) is 4.79 Å². The molecule has 4 rings (SSSR count). The number of nitrogens with zero attached hydrogens (tertiary/aromatic N) is 1. The second-order valence-corrected chi connectivity index (χ2v) is 8.34. The zero-order chi connectivity index (χ0) is 21.8. The van der Waals surface area contributed by atoms with E-state index >= 15 is 0 Å². The molecule has 0 bridgehead atoms. The van der Waals surface area contributed by atoms with Gasteiger partial charge in [0, 0.05) is 17.7 Å². The van der Waals surface area contributed by atoms with Gasteiger partial charge in [0.1, 0.15) is 17.4 Å². The van der Waals surface area contributed by atoms with Crippen LogP contribution in [-0.2, 0) is 4.74 Å². The van der Waals surface area contributed by atoms with Gasteiger partial charge < -0.3 is 14.1 Å². The van der Waals surface area contributed by atoms with Gasteiger partial charge in [-0.3, -0.25) is 4.79 Å². The van der Waals surface area contributed by atoms with Crippen LogP contribution in [-0.4, -0.2) is 36.6 Å². The van der Waals surface area contributed by atoms with Crippen molar-refractivity contribution in [3.63, 3.8) is 0 Å². The Bertz CT molecular complexity index is 1120. The molecule has 32 heavy (non-hydrogen) atoms. The van der Waals surface area contributed by atoms with Crippen LogP contribution in [0.2, 0.25) is 0 Å². The molecule has 1 atom stereocenters. The van der Waals surface area contributed by atoms with Gasteiger partial charge in [0.05, 0.1) is 5.39 Å². The summed E-state index contributed by atoms with van der Waals surface area (Å²) >= 11 is 0. The molecule has 0 spiro atoms. The third-order valence-corrected chi connectivity index (χ3v) is 6.01. The maximum Gasteiger partial charge on any atom is 0.342 e. The number of fused-ring (bicyclic) bond motifs is 1. The van der Waals surface area contributed by atoms with Crippen molar-refractivity contribution in [3.8, 4) is 11.3 Å². The van der Waals surface area contributed by atoms with Gasteiger partial charge in [-0.15, -0.1) is 12.4 Å². The summed E-state index contributed by atoms with van der Waals surface area (Å²) in [6, 6.07) is 14.5. The molecule has 1 aromatic heterocycles. The van der Waals surface area contributed by atoms with Crippen molar-refractivity contribution in [2.75, 3.05) is 19.6 Å². The first kappa shape index (κ1) is 24.0. The van der Waals surface area contributed by atoms with Gasteiger partial charge in [0.2, 0.25) is 0 Å². The number of halogens is 1. The van der Waals surface area contributed by atoms with Crippen molar-refractivity contribution in [3.05, 3.63) is 69.9 Å². The topological polar surface area (TPSA) is 59.8 Å². The van der Waals surface area contributed by atoms with Crippen molar-refractivity contribution >= 4 is 29.3 Å². The summed E-state index contributed by atoms with van der Waals surface area (Å²) in [5.74, 6) is 0.0271. The Morgan fingerprint density at radius 2 is 1.78 bits per heavy atom. The third kappa shape index (κ3) is 5.22. The zero-order valence-electron chi connectivity index (χ0n) is 18.6. The fourth-order valence-corrected chi connectivity index (χ4v) is 4.19. The highest BCUT2D eigenvalue weighted by atomic mass is 35.5.